The highest BCUT2D eigenvalue weighted by Crippen LogP contribution is 2.27. The van der Waals surface area contributed by atoms with Crippen LogP contribution in [0.1, 0.15) is 45.2 Å². The Hall–Kier alpha value is -1.38. The lowest BCUT2D eigenvalue weighted by Gasteiger charge is -2.37. The van der Waals surface area contributed by atoms with E-state index in [1.807, 2.05) is 0 Å². The summed E-state index contributed by atoms with van der Waals surface area (Å²) in [6, 6.07) is 16.2. The van der Waals surface area contributed by atoms with Crippen molar-refractivity contribution in [3.63, 3.8) is 0 Å². The average Bonchev–Trinajstić information content (AvgIpc) is 2.45. The predicted molar refractivity (Wildman–Crippen MR) is 88.6 cm³/mol. The van der Waals surface area contributed by atoms with Crippen molar-refractivity contribution in [3.8, 4) is 0 Å². The summed E-state index contributed by atoms with van der Waals surface area (Å²) < 4.78 is 5.80. The molecule has 2 aromatic carbocycles. The molecule has 0 saturated carbocycles. The second kappa shape index (κ2) is 5.78. The summed E-state index contributed by atoms with van der Waals surface area (Å²) in [7, 11) is 0. The maximum absolute atomic E-state index is 5.80. The van der Waals surface area contributed by atoms with E-state index in [0.29, 0.717) is 12.1 Å². The first-order valence-corrected chi connectivity index (χ1v) is 7.92. The topological polar surface area (TPSA) is 21.3 Å². The third-order valence-corrected chi connectivity index (χ3v) is 4.46. The van der Waals surface area contributed by atoms with Gasteiger partial charge in [0.05, 0.1) is 5.60 Å². The molecule has 3 rings (SSSR count). The summed E-state index contributed by atoms with van der Waals surface area (Å²) in [5, 5.41) is 6.40. The van der Waals surface area contributed by atoms with Gasteiger partial charge in [0.15, 0.2) is 0 Å². The minimum atomic E-state index is -0.000971. The maximum Gasteiger partial charge on any atom is 0.0641 e. The lowest BCUT2D eigenvalue weighted by Crippen LogP contribution is -2.44. The van der Waals surface area contributed by atoms with Gasteiger partial charge in [0.25, 0.3) is 0 Å². The predicted octanol–water partition coefficient (Wildman–Crippen LogP) is 4.45. The van der Waals surface area contributed by atoms with Gasteiger partial charge in [-0.15, -0.1) is 0 Å². The Kier molecular flexibility index (Phi) is 4.01. The molecule has 21 heavy (non-hydrogen) atoms. The van der Waals surface area contributed by atoms with Crippen molar-refractivity contribution in [2.75, 3.05) is 6.61 Å². The lowest BCUT2D eigenvalue weighted by molar-refractivity contribution is -0.0639. The van der Waals surface area contributed by atoms with Crippen LogP contribution in [0.25, 0.3) is 10.8 Å². The van der Waals surface area contributed by atoms with Crippen molar-refractivity contribution in [2.45, 2.75) is 51.3 Å². The molecular formula is C19H25NO. The van der Waals surface area contributed by atoms with Gasteiger partial charge in [-0.2, -0.15) is 0 Å². The van der Waals surface area contributed by atoms with Crippen LogP contribution < -0.4 is 5.32 Å². The zero-order valence-corrected chi connectivity index (χ0v) is 13.2. The normalized spacial score (nSPS) is 23.1. The third kappa shape index (κ3) is 3.45. The van der Waals surface area contributed by atoms with Crippen molar-refractivity contribution in [1.29, 1.82) is 0 Å². The Labute approximate surface area is 127 Å². The fraction of sp³-hybridized carbons (Fsp3) is 0.474. The Morgan fingerprint density at radius 3 is 2.67 bits per heavy atom. The second-order valence-corrected chi connectivity index (χ2v) is 6.79. The standard InChI is InChI=1S/C19H25NO/c1-14(20-18-10-11-21-19(2,3)13-18)16-9-8-15-6-4-5-7-17(15)12-16/h4-9,12,14,18,20H,10-11,13H2,1-3H3. The van der Waals surface area contributed by atoms with Gasteiger partial charge in [-0.05, 0) is 56.0 Å². The molecule has 1 N–H and O–H groups in total. The molecule has 112 valence electrons. The molecule has 0 amide bonds. The van der Waals surface area contributed by atoms with Gasteiger partial charge in [0.1, 0.15) is 0 Å². The average molecular weight is 283 g/mol. The van der Waals surface area contributed by atoms with E-state index >= 15 is 0 Å². The number of hydrogen-bond donors (Lipinski definition) is 1. The molecule has 0 spiro atoms. The Balaban J connectivity index is 1.73. The number of rotatable bonds is 3. The summed E-state index contributed by atoms with van der Waals surface area (Å²) in [5.41, 5.74) is 1.36. The molecule has 0 radical (unpaired) electrons. The fourth-order valence-corrected chi connectivity index (χ4v) is 3.30. The first-order chi connectivity index (χ1) is 10.0. The third-order valence-electron chi connectivity index (χ3n) is 4.46. The first-order valence-electron chi connectivity index (χ1n) is 7.92. The molecular weight excluding hydrogens is 258 g/mol. The van der Waals surface area contributed by atoms with Crippen LogP contribution >= 0.6 is 0 Å². The summed E-state index contributed by atoms with van der Waals surface area (Å²) in [6.45, 7) is 7.48. The molecule has 2 aromatic rings. The Morgan fingerprint density at radius 2 is 1.90 bits per heavy atom. The van der Waals surface area contributed by atoms with Gasteiger partial charge in [0, 0.05) is 18.7 Å². The summed E-state index contributed by atoms with van der Waals surface area (Å²) in [6.07, 6.45) is 2.17. The minimum absolute atomic E-state index is 0.000971. The molecule has 1 aliphatic heterocycles. The van der Waals surface area contributed by atoms with Gasteiger partial charge >= 0.3 is 0 Å². The van der Waals surface area contributed by atoms with E-state index in [1.54, 1.807) is 0 Å². The summed E-state index contributed by atoms with van der Waals surface area (Å²) in [5.74, 6) is 0. The van der Waals surface area contributed by atoms with Crippen LogP contribution in [0.3, 0.4) is 0 Å². The van der Waals surface area contributed by atoms with E-state index in [0.717, 1.165) is 19.4 Å². The van der Waals surface area contributed by atoms with Crippen molar-refractivity contribution < 1.29 is 4.74 Å². The highest BCUT2D eigenvalue weighted by Gasteiger charge is 2.29. The zero-order chi connectivity index (χ0) is 14.9. The molecule has 2 nitrogen and oxygen atoms in total. The van der Waals surface area contributed by atoms with E-state index in [2.05, 4.69) is 68.6 Å². The van der Waals surface area contributed by atoms with E-state index < -0.39 is 0 Å². The monoisotopic (exact) mass is 283 g/mol. The molecule has 1 saturated heterocycles. The van der Waals surface area contributed by atoms with E-state index in [9.17, 15) is 0 Å². The van der Waals surface area contributed by atoms with Crippen LogP contribution in [0.4, 0.5) is 0 Å². The van der Waals surface area contributed by atoms with Gasteiger partial charge in [-0.25, -0.2) is 0 Å². The van der Waals surface area contributed by atoms with Crippen LogP contribution in [0, 0.1) is 0 Å². The molecule has 2 unspecified atom stereocenters. The molecule has 0 bridgehead atoms. The highest BCUT2D eigenvalue weighted by atomic mass is 16.5. The van der Waals surface area contributed by atoms with Crippen LogP contribution in [-0.2, 0) is 4.74 Å². The molecule has 1 aliphatic rings. The SMILES string of the molecule is CC(NC1CCOC(C)(C)C1)c1ccc2ccccc2c1. The fourth-order valence-electron chi connectivity index (χ4n) is 3.30. The number of ether oxygens (including phenoxy) is 1. The molecule has 2 heteroatoms. The Bertz CT molecular complexity index is 620. The van der Waals surface area contributed by atoms with Crippen LogP contribution in [-0.4, -0.2) is 18.2 Å². The molecule has 1 fully saturated rings. The number of hydrogen-bond acceptors (Lipinski definition) is 2. The van der Waals surface area contributed by atoms with Gasteiger partial charge < -0.3 is 10.1 Å². The van der Waals surface area contributed by atoms with Crippen molar-refractivity contribution in [2.24, 2.45) is 0 Å². The first kappa shape index (κ1) is 14.6. The van der Waals surface area contributed by atoms with Crippen molar-refractivity contribution >= 4 is 10.8 Å². The van der Waals surface area contributed by atoms with Crippen molar-refractivity contribution in [3.05, 3.63) is 48.0 Å². The molecule has 2 atom stereocenters. The quantitative estimate of drug-likeness (QED) is 0.898. The van der Waals surface area contributed by atoms with E-state index in [-0.39, 0.29) is 5.60 Å². The van der Waals surface area contributed by atoms with Crippen molar-refractivity contribution in [1.82, 2.24) is 5.32 Å². The largest absolute Gasteiger partial charge is 0.375 e. The lowest BCUT2D eigenvalue weighted by atomic mass is 9.92. The van der Waals surface area contributed by atoms with Crippen LogP contribution in [0.5, 0.6) is 0 Å². The molecule has 1 heterocycles. The minimum Gasteiger partial charge on any atom is -0.375 e. The highest BCUT2D eigenvalue weighted by molar-refractivity contribution is 5.83. The van der Waals surface area contributed by atoms with E-state index in [1.165, 1.54) is 16.3 Å². The van der Waals surface area contributed by atoms with Crippen LogP contribution in [0.2, 0.25) is 0 Å². The number of fused-ring (bicyclic) bond motifs is 1. The molecule has 0 aromatic heterocycles. The van der Waals surface area contributed by atoms with E-state index in [4.69, 9.17) is 4.74 Å². The summed E-state index contributed by atoms with van der Waals surface area (Å²) in [4.78, 5) is 0. The summed E-state index contributed by atoms with van der Waals surface area (Å²) >= 11 is 0. The molecule has 0 aliphatic carbocycles. The van der Waals surface area contributed by atoms with Gasteiger partial charge in [-0.3, -0.25) is 0 Å². The smallest absolute Gasteiger partial charge is 0.0641 e. The van der Waals surface area contributed by atoms with Crippen LogP contribution in [0.15, 0.2) is 42.5 Å². The number of benzene rings is 2. The Morgan fingerprint density at radius 1 is 1.14 bits per heavy atom. The second-order valence-electron chi connectivity index (χ2n) is 6.79. The van der Waals surface area contributed by atoms with Gasteiger partial charge in [-0.1, -0.05) is 36.4 Å². The number of nitrogens with one attached hydrogen (secondary N) is 1. The van der Waals surface area contributed by atoms with Gasteiger partial charge in [0.2, 0.25) is 0 Å². The maximum atomic E-state index is 5.80. The zero-order valence-electron chi connectivity index (χ0n) is 13.2.